The Hall–Kier alpha value is -1.82. The van der Waals surface area contributed by atoms with Crippen molar-refractivity contribution in [1.29, 1.82) is 0 Å². The lowest BCUT2D eigenvalue weighted by molar-refractivity contribution is -0.142. The van der Waals surface area contributed by atoms with E-state index in [0.29, 0.717) is 23.2 Å². The number of nitrogens with one attached hydrogen (secondary N) is 1. The molecule has 0 fully saturated rings. The van der Waals surface area contributed by atoms with Gasteiger partial charge in [0.15, 0.2) is 0 Å². The van der Waals surface area contributed by atoms with Crippen LogP contribution >= 0.6 is 0 Å². The van der Waals surface area contributed by atoms with Gasteiger partial charge in [0.2, 0.25) is 0 Å². The summed E-state index contributed by atoms with van der Waals surface area (Å²) in [6.07, 6.45) is 0.370. The molecule has 0 saturated carbocycles. The molecule has 0 aliphatic rings. The number of carbonyl (C=O) groups is 2. The molecule has 0 aliphatic carbocycles. The van der Waals surface area contributed by atoms with Crippen LogP contribution in [0, 0.1) is 6.92 Å². The highest BCUT2D eigenvalue weighted by molar-refractivity contribution is 5.94. The second kappa shape index (κ2) is 7.69. The molecule has 0 spiro atoms. The smallest absolute Gasteiger partial charge is 0.340 e. The minimum atomic E-state index is -0.468. The summed E-state index contributed by atoms with van der Waals surface area (Å²) in [5.74, 6) is -0.875. The van der Waals surface area contributed by atoms with Crippen molar-refractivity contribution < 1.29 is 24.2 Å². The molecule has 0 aliphatic heterocycles. The first-order valence-electron chi connectivity index (χ1n) is 6.68. The number of aliphatic hydroxyl groups is 1. The zero-order chi connectivity index (χ0) is 15.1. The summed E-state index contributed by atoms with van der Waals surface area (Å²) in [6.45, 7) is 5.72. The monoisotopic (exact) mass is 283 g/mol. The Bertz CT molecular complexity index is 478. The number of aliphatic hydroxyl groups excluding tert-OH is 1. The third kappa shape index (κ3) is 3.84. The summed E-state index contributed by atoms with van der Waals surface area (Å²) in [5.41, 5.74) is 2.28. The maximum Gasteiger partial charge on any atom is 0.340 e. The lowest BCUT2D eigenvalue weighted by Gasteiger charge is -2.05. The Balaban J connectivity index is 3.09. The Morgan fingerprint density at radius 3 is 2.35 bits per heavy atom. The maximum atomic E-state index is 12.0. The van der Waals surface area contributed by atoms with E-state index in [1.807, 2.05) is 0 Å². The molecule has 0 saturated heterocycles. The fourth-order valence-electron chi connectivity index (χ4n) is 2.05. The van der Waals surface area contributed by atoms with E-state index in [1.165, 1.54) is 0 Å². The lowest BCUT2D eigenvalue weighted by Crippen LogP contribution is -2.13. The average molecular weight is 283 g/mol. The SMILES string of the molecule is CCOC(=O)Cc1[nH]c(CCO)c(C)c1C(=O)OCC. The molecule has 1 aromatic heterocycles. The van der Waals surface area contributed by atoms with Gasteiger partial charge in [-0.15, -0.1) is 0 Å². The molecule has 0 unspecified atom stereocenters. The van der Waals surface area contributed by atoms with E-state index < -0.39 is 11.9 Å². The molecular formula is C14H21NO5. The summed E-state index contributed by atoms with van der Waals surface area (Å²) >= 11 is 0. The van der Waals surface area contributed by atoms with Crippen LogP contribution < -0.4 is 0 Å². The van der Waals surface area contributed by atoms with Crippen LogP contribution in [0.1, 0.15) is 41.2 Å². The van der Waals surface area contributed by atoms with E-state index in [0.717, 1.165) is 5.69 Å². The first-order valence-corrected chi connectivity index (χ1v) is 6.68. The molecule has 2 N–H and O–H groups in total. The Morgan fingerprint density at radius 1 is 1.15 bits per heavy atom. The minimum absolute atomic E-state index is 0.0196. The van der Waals surface area contributed by atoms with Gasteiger partial charge in [-0.1, -0.05) is 0 Å². The van der Waals surface area contributed by atoms with Gasteiger partial charge in [0.1, 0.15) is 0 Å². The summed E-state index contributed by atoms with van der Waals surface area (Å²) in [7, 11) is 0. The number of aromatic nitrogens is 1. The van der Waals surface area contributed by atoms with Gasteiger partial charge in [0.05, 0.1) is 25.2 Å². The normalized spacial score (nSPS) is 10.4. The van der Waals surface area contributed by atoms with Gasteiger partial charge in [0.25, 0.3) is 0 Å². The van der Waals surface area contributed by atoms with Crippen molar-refractivity contribution in [1.82, 2.24) is 4.98 Å². The molecule has 1 rings (SSSR count). The molecule has 0 bridgehead atoms. The van der Waals surface area contributed by atoms with Crippen LogP contribution in [-0.4, -0.2) is 41.8 Å². The van der Waals surface area contributed by atoms with Gasteiger partial charge in [-0.25, -0.2) is 4.79 Å². The van der Waals surface area contributed by atoms with E-state index in [9.17, 15) is 9.59 Å². The maximum absolute atomic E-state index is 12.0. The second-order valence-electron chi connectivity index (χ2n) is 4.26. The molecule has 1 heterocycles. The number of H-pyrrole nitrogens is 1. The largest absolute Gasteiger partial charge is 0.466 e. The van der Waals surface area contributed by atoms with Crippen LogP contribution in [-0.2, 0) is 27.1 Å². The number of rotatable bonds is 7. The molecule has 0 radical (unpaired) electrons. The van der Waals surface area contributed by atoms with Crippen molar-refractivity contribution in [3.63, 3.8) is 0 Å². The van der Waals surface area contributed by atoms with E-state index in [-0.39, 0.29) is 26.2 Å². The van der Waals surface area contributed by atoms with Gasteiger partial charge >= 0.3 is 11.9 Å². The molecule has 6 heteroatoms. The van der Waals surface area contributed by atoms with Crippen molar-refractivity contribution in [2.75, 3.05) is 19.8 Å². The highest BCUT2D eigenvalue weighted by Gasteiger charge is 2.23. The number of esters is 2. The molecule has 1 aromatic rings. The van der Waals surface area contributed by atoms with Crippen molar-refractivity contribution in [3.05, 3.63) is 22.5 Å². The zero-order valence-corrected chi connectivity index (χ0v) is 12.1. The lowest BCUT2D eigenvalue weighted by atomic mass is 10.1. The first kappa shape index (κ1) is 16.2. The van der Waals surface area contributed by atoms with E-state index >= 15 is 0 Å². The van der Waals surface area contributed by atoms with Crippen molar-refractivity contribution in [3.8, 4) is 0 Å². The fourth-order valence-corrected chi connectivity index (χ4v) is 2.05. The van der Waals surface area contributed by atoms with Crippen LogP contribution in [0.15, 0.2) is 0 Å². The quantitative estimate of drug-likeness (QED) is 0.733. The predicted molar refractivity (Wildman–Crippen MR) is 72.6 cm³/mol. The number of hydrogen-bond donors (Lipinski definition) is 2. The molecule has 112 valence electrons. The molecule has 6 nitrogen and oxygen atoms in total. The van der Waals surface area contributed by atoms with E-state index in [4.69, 9.17) is 14.6 Å². The van der Waals surface area contributed by atoms with Crippen LogP contribution in [0.2, 0.25) is 0 Å². The average Bonchev–Trinajstić information content (AvgIpc) is 2.67. The first-order chi connectivity index (χ1) is 9.54. The van der Waals surface area contributed by atoms with Gasteiger partial charge < -0.3 is 19.6 Å². The minimum Gasteiger partial charge on any atom is -0.466 e. The van der Waals surface area contributed by atoms with Crippen LogP contribution in [0.5, 0.6) is 0 Å². The van der Waals surface area contributed by atoms with Crippen LogP contribution in [0.25, 0.3) is 0 Å². The summed E-state index contributed by atoms with van der Waals surface area (Å²) in [6, 6.07) is 0. The van der Waals surface area contributed by atoms with Crippen molar-refractivity contribution in [2.45, 2.75) is 33.6 Å². The molecule has 0 aromatic carbocycles. The zero-order valence-electron chi connectivity index (χ0n) is 12.1. The van der Waals surface area contributed by atoms with Gasteiger partial charge in [-0.3, -0.25) is 4.79 Å². The van der Waals surface area contributed by atoms with E-state index in [1.54, 1.807) is 20.8 Å². The molecule has 0 atom stereocenters. The molecular weight excluding hydrogens is 262 g/mol. The van der Waals surface area contributed by atoms with Crippen molar-refractivity contribution >= 4 is 11.9 Å². The third-order valence-electron chi connectivity index (χ3n) is 2.90. The highest BCUT2D eigenvalue weighted by Crippen LogP contribution is 2.21. The molecule has 20 heavy (non-hydrogen) atoms. The molecule has 0 amide bonds. The van der Waals surface area contributed by atoms with Crippen LogP contribution in [0.3, 0.4) is 0 Å². The highest BCUT2D eigenvalue weighted by atomic mass is 16.5. The predicted octanol–water partition coefficient (Wildman–Crippen LogP) is 1.14. The summed E-state index contributed by atoms with van der Waals surface area (Å²) in [4.78, 5) is 26.6. The van der Waals surface area contributed by atoms with Crippen LogP contribution in [0.4, 0.5) is 0 Å². The number of ether oxygens (including phenoxy) is 2. The Kier molecular flexibility index (Phi) is 6.24. The van der Waals surface area contributed by atoms with E-state index in [2.05, 4.69) is 4.98 Å². The topological polar surface area (TPSA) is 88.6 Å². The van der Waals surface area contributed by atoms with Gasteiger partial charge in [-0.05, 0) is 26.3 Å². The number of carbonyl (C=O) groups excluding carboxylic acids is 2. The van der Waals surface area contributed by atoms with Crippen molar-refractivity contribution in [2.24, 2.45) is 0 Å². The Labute approximate surface area is 118 Å². The number of hydrogen-bond acceptors (Lipinski definition) is 5. The summed E-state index contributed by atoms with van der Waals surface area (Å²) < 4.78 is 9.90. The van der Waals surface area contributed by atoms with Gasteiger partial charge in [0, 0.05) is 24.4 Å². The Morgan fingerprint density at radius 2 is 1.80 bits per heavy atom. The second-order valence-corrected chi connectivity index (χ2v) is 4.26. The standard InChI is InChI=1S/C14H21NO5/c1-4-19-12(17)8-11-13(14(18)20-5-2)9(3)10(15-11)6-7-16/h15-16H,4-8H2,1-3H3. The number of aromatic amines is 1. The third-order valence-corrected chi connectivity index (χ3v) is 2.90. The summed E-state index contributed by atoms with van der Waals surface area (Å²) in [5, 5.41) is 9.02. The fraction of sp³-hybridized carbons (Fsp3) is 0.571. The van der Waals surface area contributed by atoms with Gasteiger partial charge in [-0.2, -0.15) is 0 Å².